The normalized spacial score (nSPS) is 10.7. The molecule has 0 fully saturated rings. The SMILES string of the molecule is Cc1nn(CC(=O)Nc2nc(C)c(C)s2)cc1Br. The van der Waals surface area contributed by atoms with Gasteiger partial charge in [0.25, 0.3) is 0 Å². The maximum atomic E-state index is 11.8. The van der Waals surface area contributed by atoms with Gasteiger partial charge in [-0.2, -0.15) is 5.10 Å². The summed E-state index contributed by atoms with van der Waals surface area (Å²) >= 11 is 4.84. The number of nitrogens with zero attached hydrogens (tertiary/aromatic N) is 3. The van der Waals surface area contributed by atoms with Gasteiger partial charge in [-0.05, 0) is 36.7 Å². The number of rotatable bonds is 3. The highest BCUT2D eigenvalue weighted by atomic mass is 79.9. The summed E-state index contributed by atoms with van der Waals surface area (Å²) in [7, 11) is 0. The summed E-state index contributed by atoms with van der Waals surface area (Å²) in [6.07, 6.45) is 1.78. The molecule has 2 aromatic rings. The van der Waals surface area contributed by atoms with E-state index in [0.717, 1.165) is 20.7 Å². The average molecular weight is 329 g/mol. The molecule has 1 N–H and O–H groups in total. The van der Waals surface area contributed by atoms with E-state index < -0.39 is 0 Å². The highest BCUT2D eigenvalue weighted by Gasteiger charge is 2.10. The number of carbonyl (C=O) groups is 1. The number of thiazole rings is 1. The number of anilines is 1. The summed E-state index contributed by atoms with van der Waals surface area (Å²) < 4.78 is 2.50. The van der Waals surface area contributed by atoms with Crippen molar-refractivity contribution in [2.45, 2.75) is 27.3 Å². The predicted molar refractivity (Wildman–Crippen MR) is 74.9 cm³/mol. The second kappa shape index (κ2) is 5.19. The topological polar surface area (TPSA) is 59.8 Å². The molecule has 18 heavy (non-hydrogen) atoms. The lowest BCUT2D eigenvalue weighted by Crippen LogP contribution is -2.19. The van der Waals surface area contributed by atoms with Gasteiger partial charge in [-0.3, -0.25) is 9.48 Å². The lowest BCUT2D eigenvalue weighted by molar-refractivity contribution is -0.116. The van der Waals surface area contributed by atoms with E-state index in [1.165, 1.54) is 11.3 Å². The van der Waals surface area contributed by atoms with Crippen molar-refractivity contribution in [3.05, 3.63) is 26.9 Å². The Balaban J connectivity index is 2.00. The van der Waals surface area contributed by atoms with Gasteiger partial charge in [-0.15, -0.1) is 11.3 Å². The molecule has 0 saturated heterocycles. The molecule has 1 amide bonds. The molecule has 0 unspecified atom stereocenters. The van der Waals surface area contributed by atoms with Crippen LogP contribution in [0.2, 0.25) is 0 Å². The predicted octanol–water partition coefficient (Wildman–Crippen LogP) is 2.67. The Bertz CT molecular complexity index is 501. The molecular formula is C11H13BrN4OS. The third kappa shape index (κ3) is 2.97. The first kappa shape index (κ1) is 13.2. The van der Waals surface area contributed by atoms with Crippen molar-refractivity contribution in [3.8, 4) is 0 Å². The largest absolute Gasteiger partial charge is 0.300 e. The summed E-state index contributed by atoms with van der Waals surface area (Å²) in [4.78, 5) is 17.2. The fourth-order valence-corrected chi connectivity index (χ4v) is 2.55. The fourth-order valence-electron chi connectivity index (χ4n) is 1.41. The van der Waals surface area contributed by atoms with Crippen LogP contribution >= 0.6 is 27.3 Å². The van der Waals surface area contributed by atoms with Crippen molar-refractivity contribution in [2.24, 2.45) is 0 Å². The van der Waals surface area contributed by atoms with E-state index in [-0.39, 0.29) is 12.5 Å². The van der Waals surface area contributed by atoms with Crippen molar-refractivity contribution in [3.63, 3.8) is 0 Å². The molecule has 0 atom stereocenters. The summed E-state index contributed by atoms with van der Waals surface area (Å²) in [6, 6.07) is 0. The van der Waals surface area contributed by atoms with Crippen molar-refractivity contribution >= 4 is 38.3 Å². The van der Waals surface area contributed by atoms with E-state index in [1.807, 2.05) is 20.8 Å². The van der Waals surface area contributed by atoms with Gasteiger partial charge in [0, 0.05) is 11.1 Å². The van der Waals surface area contributed by atoms with Crippen LogP contribution in [0.3, 0.4) is 0 Å². The summed E-state index contributed by atoms with van der Waals surface area (Å²) in [6.45, 7) is 5.97. The first-order chi connectivity index (χ1) is 8.45. The van der Waals surface area contributed by atoms with E-state index in [0.29, 0.717) is 5.13 Å². The highest BCUT2D eigenvalue weighted by molar-refractivity contribution is 9.10. The molecule has 0 aliphatic carbocycles. The van der Waals surface area contributed by atoms with Gasteiger partial charge in [-0.25, -0.2) is 4.98 Å². The van der Waals surface area contributed by atoms with E-state index in [9.17, 15) is 4.79 Å². The maximum absolute atomic E-state index is 11.8. The molecule has 5 nitrogen and oxygen atoms in total. The smallest absolute Gasteiger partial charge is 0.247 e. The number of hydrogen-bond donors (Lipinski definition) is 1. The van der Waals surface area contributed by atoms with Crippen LogP contribution in [-0.4, -0.2) is 20.7 Å². The van der Waals surface area contributed by atoms with Crippen LogP contribution in [0.15, 0.2) is 10.7 Å². The number of amides is 1. The van der Waals surface area contributed by atoms with E-state index in [2.05, 4.69) is 31.3 Å². The third-order valence-electron chi connectivity index (χ3n) is 2.47. The van der Waals surface area contributed by atoms with E-state index in [4.69, 9.17) is 0 Å². The molecule has 7 heteroatoms. The van der Waals surface area contributed by atoms with Gasteiger partial charge in [0.1, 0.15) is 6.54 Å². The molecule has 0 aromatic carbocycles. The highest BCUT2D eigenvalue weighted by Crippen LogP contribution is 2.21. The van der Waals surface area contributed by atoms with Gasteiger partial charge < -0.3 is 5.32 Å². The Kier molecular flexibility index (Phi) is 3.82. The minimum Gasteiger partial charge on any atom is -0.300 e. The van der Waals surface area contributed by atoms with Crippen LogP contribution in [0.5, 0.6) is 0 Å². The molecule has 0 aliphatic rings. The molecule has 0 saturated carbocycles. The molecule has 2 rings (SSSR count). The number of nitrogens with one attached hydrogen (secondary N) is 1. The van der Waals surface area contributed by atoms with Gasteiger partial charge >= 0.3 is 0 Å². The Morgan fingerprint density at radius 1 is 1.44 bits per heavy atom. The molecule has 0 radical (unpaired) electrons. The zero-order valence-corrected chi connectivity index (χ0v) is 12.7. The van der Waals surface area contributed by atoms with Gasteiger partial charge in [0.15, 0.2) is 5.13 Å². The maximum Gasteiger partial charge on any atom is 0.247 e. The number of hydrogen-bond acceptors (Lipinski definition) is 4. The number of halogens is 1. The molecule has 0 aliphatic heterocycles. The van der Waals surface area contributed by atoms with E-state index >= 15 is 0 Å². The van der Waals surface area contributed by atoms with Crippen LogP contribution in [0.1, 0.15) is 16.3 Å². The van der Waals surface area contributed by atoms with Crippen molar-refractivity contribution in [2.75, 3.05) is 5.32 Å². The molecule has 96 valence electrons. The van der Waals surface area contributed by atoms with Crippen molar-refractivity contribution in [1.29, 1.82) is 0 Å². The van der Waals surface area contributed by atoms with Crippen molar-refractivity contribution < 1.29 is 4.79 Å². The lowest BCUT2D eigenvalue weighted by atomic mass is 10.4. The molecule has 2 heterocycles. The van der Waals surface area contributed by atoms with Gasteiger partial charge in [0.05, 0.1) is 15.9 Å². The van der Waals surface area contributed by atoms with Gasteiger partial charge in [-0.1, -0.05) is 0 Å². The van der Waals surface area contributed by atoms with Crippen molar-refractivity contribution in [1.82, 2.24) is 14.8 Å². The monoisotopic (exact) mass is 328 g/mol. The van der Waals surface area contributed by atoms with E-state index in [1.54, 1.807) is 10.9 Å². The Morgan fingerprint density at radius 3 is 2.67 bits per heavy atom. The second-order valence-electron chi connectivity index (χ2n) is 3.97. The first-order valence-corrected chi connectivity index (χ1v) is 7.00. The summed E-state index contributed by atoms with van der Waals surface area (Å²) in [5.74, 6) is -0.126. The quantitative estimate of drug-likeness (QED) is 0.942. The molecule has 2 aromatic heterocycles. The Morgan fingerprint density at radius 2 is 2.17 bits per heavy atom. The lowest BCUT2D eigenvalue weighted by Gasteiger charge is -2.01. The number of carbonyl (C=O) groups excluding carboxylic acids is 1. The van der Waals surface area contributed by atoms with Crippen LogP contribution < -0.4 is 5.32 Å². The summed E-state index contributed by atoms with van der Waals surface area (Å²) in [5, 5.41) is 7.62. The Hall–Kier alpha value is -1.21. The molecular weight excluding hydrogens is 316 g/mol. The van der Waals surface area contributed by atoms with Crippen LogP contribution in [0, 0.1) is 20.8 Å². The second-order valence-corrected chi connectivity index (χ2v) is 6.03. The minimum absolute atomic E-state index is 0.126. The van der Waals surface area contributed by atoms with Crippen LogP contribution in [-0.2, 0) is 11.3 Å². The zero-order valence-electron chi connectivity index (χ0n) is 10.3. The average Bonchev–Trinajstić information content (AvgIpc) is 2.72. The Labute approximate surface area is 117 Å². The van der Waals surface area contributed by atoms with Crippen LogP contribution in [0.4, 0.5) is 5.13 Å². The first-order valence-electron chi connectivity index (χ1n) is 5.39. The van der Waals surface area contributed by atoms with Crippen LogP contribution in [0.25, 0.3) is 0 Å². The minimum atomic E-state index is -0.126. The number of aryl methyl sites for hydroxylation is 3. The zero-order chi connectivity index (χ0) is 13.3. The standard InChI is InChI=1S/C11H13BrN4OS/c1-6-8(3)18-11(13-6)14-10(17)5-16-4-9(12)7(2)15-16/h4H,5H2,1-3H3,(H,13,14,17). The number of aromatic nitrogens is 3. The summed E-state index contributed by atoms with van der Waals surface area (Å²) in [5.41, 5.74) is 1.82. The fraction of sp³-hybridized carbons (Fsp3) is 0.364. The third-order valence-corrected chi connectivity index (χ3v) is 4.23. The van der Waals surface area contributed by atoms with Gasteiger partial charge in [0.2, 0.25) is 5.91 Å². The molecule has 0 spiro atoms. The molecule has 0 bridgehead atoms.